The zero-order valence-electron chi connectivity index (χ0n) is 20.4. The molecule has 5 rings (SSSR count). The summed E-state index contributed by atoms with van der Waals surface area (Å²) in [7, 11) is -3.51. The summed E-state index contributed by atoms with van der Waals surface area (Å²) in [5.74, 6) is -0.116. The highest BCUT2D eigenvalue weighted by Gasteiger charge is 2.44. The van der Waals surface area contributed by atoms with Crippen molar-refractivity contribution in [1.29, 1.82) is 0 Å². The molecule has 4 bridgehead atoms. The lowest BCUT2D eigenvalue weighted by molar-refractivity contribution is -0.139. The Hall–Kier alpha value is -2.05. The predicted molar refractivity (Wildman–Crippen MR) is 125 cm³/mol. The first kappa shape index (κ1) is 27.0. The van der Waals surface area contributed by atoms with Gasteiger partial charge in [0.1, 0.15) is 5.75 Å². The van der Waals surface area contributed by atoms with Gasteiger partial charge in [-0.2, -0.15) is 13.2 Å². The first-order valence-electron chi connectivity index (χ1n) is 12.3. The molecule has 8 nitrogen and oxygen atoms in total. The maximum absolute atomic E-state index is 13.5. The summed E-state index contributed by atoms with van der Waals surface area (Å²) in [6.07, 6.45) is -0.637. The molecule has 202 valence electrons. The number of carbonyl (C=O) groups excluding carboxylic acids is 1. The van der Waals surface area contributed by atoms with E-state index in [2.05, 4.69) is 4.72 Å². The number of nitrogens with one attached hydrogen (secondary N) is 1. The van der Waals surface area contributed by atoms with Gasteiger partial charge < -0.3 is 14.2 Å². The number of hydrogen-bond acceptors (Lipinski definition) is 6. The van der Waals surface area contributed by atoms with Gasteiger partial charge in [-0.05, 0) is 62.6 Å². The molecule has 1 N–H and O–H groups in total. The molecule has 1 aromatic carbocycles. The van der Waals surface area contributed by atoms with Crippen LogP contribution in [0.2, 0.25) is 0 Å². The van der Waals surface area contributed by atoms with Crippen molar-refractivity contribution in [3.05, 3.63) is 29.3 Å². The second-order valence-electron chi connectivity index (χ2n) is 9.93. The number of rotatable bonds is 2. The summed E-state index contributed by atoms with van der Waals surface area (Å²) in [6, 6.07) is 2.76. The molecule has 0 aromatic heterocycles. The number of halogens is 3. The number of sulfonamides is 1. The van der Waals surface area contributed by atoms with Crippen LogP contribution in [0.25, 0.3) is 0 Å². The van der Waals surface area contributed by atoms with Gasteiger partial charge in [0.25, 0.3) is 0 Å². The molecular weight excluding hydrogens is 501 g/mol. The Labute approximate surface area is 209 Å². The van der Waals surface area contributed by atoms with E-state index in [1.165, 1.54) is 17.0 Å². The topological polar surface area (TPSA) is 94.2 Å². The van der Waals surface area contributed by atoms with E-state index in [4.69, 9.17) is 14.2 Å². The van der Waals surface area contributed by atoms with Gasteiger partial charge in [-0.15, -0.1) is 0 Å². The Bertz CT molecular complexity index is 1040. The average molecular weight is 535 g/mol. The van der Waals surface area contributed by atoms with Gasteiger partial charge in [0.05, 0.1) is 43.8 Å². The van der Waals surface area contributed by atoms with Crippen LogP contribution in [0.5, 0.6) is 5.75 Å². The lowest BCUT2D eigenvalue weighted by Gasteiger charge is -2.33. The summed E-state index contributed by atoms with van der Waals surface area (Å²) >= 11 is 0. The largest absolute Gasteiger partial charge is 0.493 e. The van der Waals surface area contributed by atoms with E-state index in [1.54, 1.807) is 0 Å². The van der Waals surface area contributed by atoms with Crippen LogP contribution >= 0.6 is 0 Å². The predicted octanol–water partition coefficient (Wildman–Crippen LogP) is 4.05. The van der Waals surface area contributed by atoms with E-state index in [9.17, 15) is 26.4 Å². The number of hydrogen-bond donors (Lipinski definition) is 1. The second-order valence-corrected chi connectivity index (χ2v) is 11.7. The van der Waals surface area contributed by atoms with E-state index in [0.717, 1.165) is 30.7 Å². The van der Waals surface area contributed by atoms with Crippen LogP contribution in [0, 0.1) is 0 Å². The summed E-state index contributed by atoms with van der Waals surface area (Å²) in [5, 5.41) is 0. The van der Waals surface area contributed by atoms with Crippen LogP contribution in [-0.4, -0.2) is 69.7 Å². The third-order valence-corrected chi connectivity index (χ3v) is 7.93. The normalized spacial score (nSPS) is 30.3. The summed E-state index contributed by atoms with van der Waals surface area (Å²) < 4.78 is 84.2. The van der Waals surface area contributed by atoms with Crippen molar-refractivity contribution in [3.63, 3.8) is 0 Å². The lowest BCUT2D eigenvalue weighted by Crippen LogP contribution is -2.50. The highest BCUT2D eigenvalue weighted by molar-refractivity contribution is 7.88. The van der Waals surface area contributed by atoms with Crippen molar-refractivity contribution in [2.75, 3.05) is 26.1 Å². The minimum absolute atomic E-state index is 0.0487. The molecule has 1 amide bonds. The molecule has 3 heterocycles. The second kappa shape index (κ2) is 10.7. The van der Waals surface area contributed by atoms with Gasteiger partial charge >= 0.3 is 12.3 Å². The summed E-state index contributed by atoms with van der Waals surface area (Å²) in [4.78, 5) is 14.4. The van der Waals surface area contributed by atoms with Crippen molar-refractivity contribution in [3.8, 4) is 5.75 Å². The molecule has 4 aliphatic rings. The van der Waals surface area contributed by atoms with E-state index in [-0.39, 0.29) is 50.1 Å². The maximum atomic E-state index is 13.5. The highest BCUT2D eigenvalue weighted by Crippen LogP contribution is 2.41. The molecule has 36 heavy (non-hydrogen) atoms. The maximum Gasteiger partial charge on any atom is 0.419 e. The number of amides is 1. The Morgan fingerprint density at radius 3 is 2.44 bits per heavy atom. The van der Waals surface area contributed by atoms with Crippen LogP contribution < -0.4 is 9.46 Å². The number of ether oxygens (including phenoxy) is 3. The van der Waals surface area contributed by atoms with E-state index in [0.29, 0.717) is 19.3 Å². The van der Waals surface area contributed by atoms with Gasteiger partial charge in [-0.25, -0.2) is 17.9 Å². The van der Waals surface area contributed by atoms with Gasteiger partial charge in [0, 0.05) is 18.5 Å². The summed E-state index contributed by atoms with van der Waals surface area (Å²) in [6.45, 7) is 1.88. The Balaban J connectivity index is 1.55. The number of fused-ring (bicyclic) bond motifs is 8. The van der Waals surface area contributed by atoms with E-state index in [1.807, 2.05) is 6.92 Å². The third kappa shape index (κ3) is 6.44. The fourth-order valence-corrected chi connectivity index (χ4v) is 6.29. The van der Waals surface area contributed by atoms with E-state index < -0.39 is 39.9 Å². The number of alkyl halides is 3. The van der Waals surface area contributed by atoms with Gasteiger partial charge in [-0.3, -0.25) is 4.90 Å². The molecule has 1 saturated carbocycles. The van der Waals surface area contributed by atoms with Gasteiger partial charge in [0.2, 0.25) is 10.0 Å². The Morgan fingerprint density at radius 2 is 1.78 bits per heavy atom. The molecule has 3 atom stereocenters. The third-order valence-electron chi connectivity index (χ3n) is 7.20. The smallest absolute Gasteiger partial charge is 0.419 e. The molecule has 0 spiro atoms. The molecule has 1 unspecified atom stereocenters. The molecule has 2 fully saturated rings. The zero-order valence-corrected chi connectivity index (χ0v) is 21.2. The van der Waals surface area contributed by atoms with Crippen molar-refractivity contribution >= 4 is 16.1 Å². The molecule has 1 aromatic rings. The van der Waals surface area contributed by atoms with Crippen molar-refractivity contribution in [2.45, 2.75) is 81.8 Å². The fourth-order valence-electron chi connectivity index (χ4n) is 5.49. The molecule has 1 aliphatic carbocycles. The van der Waals surface area contributed by atoms with Crippen LogP contribution in [0.3, 0.4) is 0 Å². The average Bonchev–Trinajstić information content (AvgIpc) is 3.09. The number of carbonyl (C=O) groups is 1. The Morgan fingerprint density at radius 1 is 1.08 bits per heavy atom. The lowest BCUT2D eigenvalue weighted by atomic mass is 9.82. The highest BCUT2D eigenvalue weighted by atomic mass is 32.2. The van der Waals surface area contributed by atoms with Crippen LogP contribution in [-0.2, 0) is 25.7 Å². The summed E-state index contributed by atoms with van der Waals surface area (Å²) in [5.41, 5.74) is -0.0169. The minimum Gasteiger partial charge on any atom is -0.493 e. The van der Waals surface area contributed by atoms with E-state index >= 15 is 0 Å². The van der Waals surface area contributed by atoms with Gasteiger partial charge in [0.15, 0.2) is 0 Å². The number of benzene rings is 1. The van der Waals surface area contributed by atoms with Crippen LogP contribution in [0.1, 0.15) is 62.5 Å². The van der Waals surface area contributed by atoms with Crippen molar-refractivity contribution in [2.24, 2.45) is 0 Å². The first-order chi connectivity index (χ1) is 16.9. The first-order valence-corrected chi connectivity index (χ1v) is 14.2. The van der Waals surface area contributed by atoms with Crippen LogP contribution in [0.15, 0.2) is 18.2 Å². The molecule has 3 aliphatic heterocycles. The molecule has 0 radical (unpaired) electrons. The SMILES string of the molecule is C[C@@H]1C[C@H](NS(C)(=O)=O)C2COC3CCC(CC3)c3ccc(C(F)(F)F)c(c3)OCCCOC(=O)N21. The molecule has 1 saturated heterocycles. The Kier molecular flexibility index (Phi) is 8.06. The fraction of sp³-hybridized carbons (Fsp3) is 0.708. The van der Waals surface area contributed by atoms with Crippen LogP contribution in [0.4, 0.5) is 18.0 Å². The zero-order chi connectivity index (χ0) is 26.1. The van der Waals surface area contributed by atoms with Crippen molar-refractivity contribution < 1.29 is 40.6 Å². The molecular formula is C24H33F3N2O6S. The molecule has 12 heteroatoms. The minimum atomic E-state index is -4.54. The monoisotopic (exact) mass is 534 g/mol. The van der Waals surface area contributed by atoms with Crippen molar-refractivity contribution in [1.82, 2.24) is 9.62 Å². The number of nitrogens with zero attached hydrogens (tertiary/aromatic N) is 1. The standard InChI is InChI=1S/C24H33F3N2O6S/c1-15-12-20(28-36(2,31)32)21-14-35-18-7-4-16(5-8-18)17-6-9-19(24(25,26)27)22(13-17)33-10-3-11-34-23(30)29(15)21/h6,9,13,15-16,18,20-21,28H,3-5,7-8,10-12,14H2,1-2H3/t15-,16?,18?,20+,21?/m1/s1. The quantitative estimate of drug-likeness (QED) is 0.616. The van der Waals surface area contributed by atoms with Gasteiger partial charge in [-0.1, -0.05) is 6.07 Å².